The Hall–Kier alpha value is -1.78. The molecule has 2 aromatic heterocycles. The standard InChI is InChI=1S/C53H98N4/c54-44-34-28-22-16-9-5-1-3-7-11-18-24-30-36-46-56-48-38-42-52(50-56)40-32-26-20-14-13-15-21-27-33-41-53-43-39-49-57(51-53)47-37-31-25-19-12-8-4-2-6-10-17-23-29-35-45-55/h38-39,42-43,48-51H,1-37,40-41,44-47,54-55H2/q+2. The summed E-state index contributed by atoms with van der Waals surface area (Å²) in [5, 5.41) is 0. The van der Waals surface area contributed by atoms with Crippen molar-refractivity contribution in [2.45, 2.75) is 264 Å². The molecule has 0 aromatic carbocycles. The Kier molecular flexibility index (Phi) is 36.9. The van der Waals surface area contributed by atoms with Crippen LogP contribution in [0.3, 0.4) is 0 Å². The molecular weight excluding hydrogens is 693 g/mol. The van der Waals surface area contributed by atoms with E-state index >= 15 is 0 Å². The van der Waals surface area contributed by atoms with Gasteiger partial charge in [0.25, 0.3) is 0 Å². The Balaban J connectivity index is 1.33. The van der Waals surface area contributed by atoms with Gasteiger partial charge in [0.1, 0.15) is 13.1 Å². The summed E-state index contributed by atoms with van der Waals surface area (Å²) >= 11 is 0. The third kappa shape index (κ3) is 33.7. The number of nitrogens with two attached hydrogens (primary N) is 2. The second-order valence-corrected chi connectivity index (χ2v) is 18.1. The van der Waals surface area contributed by atoms with Gasteiger partial charge in [-0.15, -0.1) is 0 Å². The lowest BCUT2D eigenvalue weighted by atomic mass is 10.0. The topological polar surface area (TPSA) is 59.8 Å². The highest BCUT2D eigenvalue weighted by molar-refractivity contribution is 5.05. The van der Waals surface area contributed by atoms with Crippen molar-refractivity contribution in [2.75, 3.05) is 13.1 Å². The fourth-order valence-corrected chi connectivity index (χ4v) is 8.74. The molecule has 0 unspecified atom stereocenters. The molecule has 0 radical (unpaired) electrons. The zero-order valence-electron chi connectivity index (χ0n) is 38.1. The molecule has 328 valence electrons. The summed E-state index contributed by atoms with van der Waals surface area (Å²) < 4.78 is 4.89. The summed E-state index contributed by atoms with van der Waals surface area (Å²) in [5.41, 5.74) is 14.2. The van der Waals surface area contributed by atoms with E-state index in [0.717, 1.165) is 13.1 Å². The van der Waals surface area contributed by atoms with Crippen LogP contribution in [0.1, 0.15) is 249 Å². The van der Waals surface area contributed by atoms with Gasteiger partial charge in [-0.1, -0.05) is 186 Å². The van der Waals surface area contributed by atoms with Gasteiger partial charge in [0.15, 0.2) is 24.8 Å². The monoisotopic (exact) mass is 791 g/mol. The minimum Gasteiger partial charge on any atom is -0.330 e. The van der Waals surface area contributed by atoms with Crippen molar-refractivity contribution in [1.29, 1.82) is 0 Å². The van der Waals surface area contributed by atoms with Crippen LogP contribution < -0.4 is 20.6 Å². The highest BCUT2D eigenvalue weighted by Crippen LogP contribution is 2.16. The van der Waals surface area contributed by atoms with Crippen molar-refractivity contribution in [3.05, 3.63) is 60.2 Å². The summed E-state index contributed by atoms with van der Waals surface area (Å²) in [5.74, 6) is 0. The molecule has 4 heteroatoms. The molecule has 2 rings (SSSR count). The van der Waals surface area contributed by atoms with Crippen molar-refractivity contribution in [1.82, 2.24) is 0 Å². The molecule has 0 saturated carbocycles. The lowest BCUT2D eigenvalue weighted by Gasteiger charge is -2.05. The van der Waals surface area contributed by atoms with Gasteiger partial charge in [-0.25, -0.2) is 9.13 Å². The van der Waals surface area contributed by atoms with Crippen LogP contribution in [0.5, 0.6) is 0 Å². The second-order valence-electron chi connectivity index (χ2n) is 18.1. The van der Waals surface area contributed by atoms with Gasteiger partial charge in [-0.05, 0) is 76.6 Å². The van der Waals surface area contributed by atoms with E-state index in [1.807, 2.05) is 0 Å². The van der Waals surface area contributed by atoms with E-state index in [4.69, 9.17) is 11.5 Å². The Morgan fingerprint density at radius 1 is 0.281 bits per heavy atom. The van der Waals surface area contributed by atoms with Crippen LogP contribution in [0.15, 0.2) is 49.1 Å². The van der Waals surface area contributed by atoms with E-state index in [-0.39, 0.29) is 0 Å². The Morgan fingerprint density at radius 2 is 0.509 bits per heavy atom. The largest absolute Gasteiger partial charge is 0.330 e. The van der Waals surface area contributed by atoms with Gasteiger partial charge in [0.05, 0.1) is 0 Å². The number of nitrogens with zero attached hydrogens (tertiary/aromatic N) is 2. The SMILES string of the molecule is NCCCCCCCCCCCCCCCC[n+]1cccc(CCCCCCCCCCCc2ccc[n+](CCCCCCCCCCCCCCCCN)c2)c1. The minimum atomic E-state index is 0.864. The first-order valence-electron chi connectivity index (χ1n) is 25.7. The Labute approximate surface area is 356 Å². The van der Waals surface area contributed by atoms with Gasteiger partial charge >= 0.3 is 0 Å². The van der Waals surface area contributed by atoms with Crippen molar-refractivity contribution < 1.29 is 9.13 Å². The first-order valence-corrected chi connectivity index (χ1v) is 25.7. The molecule has 57 heavy (non-hydrogen) atoms. The number of unbranched alkanes of at least 4 members (excludes halogenated alkanes) is 34. The fraction of sp³-hybridized carbons (Fsp3) is 0.811. The molecule has 0 aliphatic carbocycles. The molecular formula is C53H98N4+2. The third-order valence-electron chi connectivity index (χ3n) is 12.5. The van der Waals surface area contributed by atoms with E-state index in [0.29, 0.717) is 0 Å². The summed E-state index contributed by atoms with van der Waals surface area (Å²) in [7, 11) is 0. The molecule has 4 nitrogen and oxygen atoms in total. The van der Waals surface area contributed by atoms with E-state index < -0.39 is 0 Å². The predicted octanol–water partition coefficient (Wildman–Crippen LogP) is 14.4. The maximum atomic E-state index is 5.58. The van der Waals surface area contributed by atoms with Gasteiger partial charge in [0.2, 0.25) is 0 Å². The van der Waals surface area contributed by atoms with Crippen LogP contribution >= 0.6 is 0 Å². The average Bonchev–Trinajstić information content (AvgIpc) is 3.23. The minimum absolute atomic E-state index is 0.864. The Morgan fingerprint density at radius 3 is 0.772 bits per heavy atom. The predicted molar refractivity (Wildman–Crippen MR) is 250 cm³/mol. The Bertz CT molecular complexity index is 1020. The lowest BCUT2D eigenvalue weighted by molar-refractivity contribution is -0.697. The normalized spacial score (nSPS) is 11.5. The number of hydrogen-bond acceptors (Lipinski definition) is 2. The van der Waals surface area contributed by atoms with E-state index in [1.54, 1.807) is 0 Å². The highest BCUT2D eigenvalue weighted by Gasteiger charge is 2.06. The number of aryl methyl sites for hydroxylation is 4. The van der Waals surface area contributed by atoms with E-state index in [2.05, 4.69) is 58.2 Å². The van der Waals surface area contributed by atoms with E-state index in [9.17, 15) is 0 Å². The molecule has 2 heterocycles. The molecule has 0 amide bonds. The molecule has 0 saturated heterocycles. The summed E-state index contributed by atoms with van der Waals surface area (Å²) in [6.07, 6.45) is 63.4. The van der Waals surface area contributed by atoms with Gasteiger partial charge < -0.3 is 11.5 Å². The molecule has 0 aliphatic heterocycles. The first-order chi connectivity index (χ1) is 28.3. The van der Waals surface area contributed by atoms with Crippen molar-refractivity contribution in [3.8, 4) is 0 Å². The number of aromatic nitrogens is 2. The number of hydrogen-bond donors (Lipinski definition) is 2. The number of rotatable bonds is 44. The molecule has 0 atom stereocenters. The van der Waals surface area contributed by atoms with Crippen LogP contribution in [0.2, 0.25) is 0 Å². The average molecular weight is 791 g/mol. The second kappa shape index (κ2) is 41.0. The first kappa shape index (κ1) is 51.4. The van der Waals surface area contributed by atoms with Crippen molar-refractivity contribution >= 4 is 0 Å². The highest BCUT2D eigenvalue weighted by atomic mass is 14.9. The number of pyridine rings is 2. The van der Waals surface area contributed by atoms with Gasteiger partial charge in [-0.3, -0.25) is 0 Å². The molecule has 0 aliphatic rings. The van der Waals surface area contributed by atoms with E-state index in [1.165, 1.54) is 275 Å². The fourth-order valence-electron chi connectivity index (χ4n) is 8.74. The van der Waals surface area contributed by atoms with Gasteiger partial charge in [-0.2, -0.15) is 0 Å². The third-order valence-corrected chi connectivity index (χ3v) is 12.5. The molecule has 4 N–H and O–H groups in total. The zero-order chi connectivity index (χ0) is 40.4. The van der Waals surface area contributed by atoms with Crippen molar-refractivity contribution in [3.63, 3.8) is 0 Å². The van der Waals surface area contributed by atoms with Gasteiger partial charge in [0, 0.05) is 36.1 Å². The van der Waals surface area contributed by atoms with Crippen LogP contribution in [0, 0.1) is 0 Å². The summed E-state index contributed by atoms with van der Waals surface area (Å²) in [4.78, 5) is 0. The lowest BCUT2D eigenvalue weighted by Crippen LogP contribution is -2.33. The van der Waals surface area contributed by atoms with Crippen LogP contribution in [0.4, 0.5) is 0 Å². The molecule has 0 spiro atoms. The molecule has 0 bridgehead atoms. The van der Waals surface area contributed by atoms with Crippen LogP contribution in [-0.4, -0.2) is 13.1 Å². The summed E-state index contributed by atoms with van der Waals surface area (Å²) in [6, 6.07) is 9.22. The summed E-state index contributed by atoms with van der Waals surface area (Å²) in [6.45, 7) is 4.09. The zero-order valence-corrected chi connectivity index (χ0v) is 38.1. The smallest absolute Gasteiger partial charge is 0.171 e. The maximum absolute atomic E-state index is 5.58. The maximum Gasteiger partial charge on any atom is 0.171 e. The quantitative estimate of drug-likeness (QED) is 0.0519. The van der Waals surface area contributed by atoms with Crippen molar-refractivity contribution in [2.24, 2.45) is 11.5 Å². The van der Waals surface area contributed by atoms with Crippen LogP contribution in [-0.2, 0) is 25.9 Å². The molecule has 0 fully saturated rings. The van der Waals surface area contributed by atoms with Crippen LogP contribution in [0.25, 0.3) is 0 Å². The molecule has 2 aromatic rings.